The smallest absolute Gasteiger partial charge is 0.0820 e. The van der Waals surface area contributed by atoms with Crippen LogP contribution in [0.3, 0.4) is 0 Å². The van der Waals surface area contributed by atoms with Crippen molar-refractivity contribution in [3.05, 3.63) is 23.5 Å². The van der Waals surface area contributed by atoms with Crippen molar-refractivity contribution in [3.8, 4) is 0 Å². The van der Waals surface area contributed by atoms with Gasteiger partial charge in [-0.25, -0.2) is 0 Å². The number of pyridine rings is 1. The van der Waals surface area contributed by atoms with Crippen molar-refractivity contribution in [2.75, 3.05) is 11.2 Å². The molecule has 0 aliphatic heterocycles. The maximum Gasteiger partial charge on any atom is 0.0820 e. The van der Waals surface area contributed by atoms with Crippen molar-refractivity contribution >= 4 is 28.9 Å². The average molecular weight is 247 g/mol. The molecule has 1 unspecified atom stereocenters. The van der Waals surface area contributed by atoms with Crippen LogP contribution in [0.2, 0.25) is 5.02 Å². The third-order valence-electron chi connectivity index (χ3n) is 2.64. The summed E-state index contributed by atoms with van der Waals surface area (Å²) in [6.45, 7) is 4.28. The molecule has 1 atom stereocenters. The number of nitrogens with zero attached hydrogens (tertiary/aromatic N) is 1. The average Bonchev–Trinajstić information content (AvgIpc) is 2.22. The lowest BCUT2D eigenvalue weighted by molar-refractivity contribution is 0.481. The maximum atomic E-state index is 6.03. The van der Waals surface area contributed by atoms with Crippen LogP contribution in [0.15, 0.2) is 18.5 Å². The lowest BCUT2D eigenvalue weighted by atomic mass is 9.95. The van der Waals surface area contributed by atoms with Crippen molar-refractivity contribution in [2.45, 2.75) is 32.2 Å². The summed E-state index contributed by atoms with van der Waals surface area (Å²) in [5, 5.41) is 4.06. The van der Waals surface area contributed by atoms with Gasteiger partial charge >= 0.3 is 0 Å². The molecule has 0 radical (unpaired) electrons. The number of halogens is 2. The van der Waals surface area contributed by atoms with E-state index in [0.29, 0.717) is 10.9 Å². The molecular formula is C11H16Cl2N2. The Bertz CT molecular complexity index is 317. The highest BCUT2D eigenvalue weighted by atomic mass is 35.5. The molecule has 1 heterocycles. The minimum absolute atomic E-state index is 0.00720. The first kappa shape index (κ1) is 12.6. The molecule has 15 heavy (non-hydrogen) atoms. The van der Waals surface area contributed by atoms with E-state index in [1.165, 1.54) is 0 Å². The molecule has 84 valence electrons. The molecule has 0 spiro atoms. The zero-order valence-electron chi connectivity index (χ0n) is 9.06. The molecule has 0 aliphatic carbocycles. The van der Waals surface area contributed by atoms with Crippen molar-refractivity contribution in [2.24, 2.45) is 0 Å². The van der Waals surface area contributed by atoms with Crippen molar-refractivity contribution in [1.29, 1.82) is 0 Å². The number of rotatable bonds is 5. The molecule has 0 aromatic carbocycles. The van der Waals surface area contributed by atoms with Gasteiger partial charge in [0.1, 0.15) is 0 Å². The van der Waals surface area contributed by atoms with E-state index in [0.717, 1.165) is 18.5 Å². The van der Waals surface area contributed by atoms with Crippen LogP contribution >= 0.6 is 23.2 Å². The molecule has 1 rings (SSSR count). The standard InChI is InChI=1S/C11H16Cl2N2/c1-3-11(2,5-6-12)15-10-4-7-14-8-9(10)13/h4,7-8H,3,5-6H2,1-2H3,(H,14,15). The van der Waals surface area contributed by atoms with E-state index in [1.54, 1.807) is 12.4 Å². The third-order valence-corrected chi connectivity index (χ3v) is 3.13. The minimum Gasteiger partial charge on any atom is -0.379 e. The van der Waals surface area contributed by atoms with E-state index in [4.69, 9.17) is 23.2 Å². The van der Waals surface area contributed by atoms with E-state index < -0.39 is 0 Å². The molecule has 0 aliphatic rings. The Morgan fingerprint density at radius 1 is 1.53 bits per heavy atom. The van der Waals surface area contributed by atoms with Gasteiger partial charge in [-0.1, -0.05) is 18.5 Å². The topological polar surface area (TPSA) is 24.9 Å². The quantitative estimate of drug-likeness (QED) is 0.797. The summed E-state index contributed by atoms with van der Waals surface area (Å²) in [6, 6.07) is 1.88. The highest BCUT2D eigenvalue weighted by Gasteiger charge is 2.21. The molecule has 0 saturated carbocycles. The molecular weight excluding hydrogens is 231 g/mol. The van der Waals surface area contributed by atoms with Gasteiger partial charge in [0.05, 0.1) is 10.7 Å². The number of alkyl halides is 1. The summed E-state index contributed by atoms with van der Waals surface area (Å²) in [7, 11) is 0. The van der Waals surface area contributed by atoms with Gasteiger partial charge in [0, 0.05) is 23.8 Å². The number of hydrogen-bond donors (Lipinski definition) is 1. The summed E-state index contributed by atoms with van der Waals surface area (Å²) >= 11 is 11.8. The second-order valence-electron chi connectivity index (χ2n) is 3.83. The maximum absolute atomic E-state index is 6.03. The second-order valence-corrected chi connectivity index (χ2v) is 4.62. The fraction of sp³-hybridized carbons (Fsp3) is 0.545. The first-order chi connectivity index (χ1) is 7.11. The number of aromatic nitrogens is 1. The molecule has 2 nitrogen and oxygen atoms in total. The Hall–Kier alpha value is -0.470. The van der Waals surface area contributed by atoms with Crippen LogP contribution in [0.4, 0.5) is 5.69 Å². The highest BCUT2D eigenvalue weighted by molar-refractivity contribution is 6.33. The van der Waals surface area contributed by atoms with Gasteiger partial charge in [-0.15, -0.1) is 11.6 Å². The molecule has 0 bridgehead atoms. The monoisotopic (exact) mass is 246 g/mol. The molecule has 1 aromatic rings. The lowest BCUT2D eigenvalue weighted by Crippen LogP contribution is -2.34. The largest absolute Gasteiger partial charge is 0.379 e. The van der Waals surface area contributed by atoms with Crippen LogP contribution in [-0.2, 0) is 0 Å². The van der Waals surface area contributed by atoms with Crippen LogP contribution in [0.25, 0.3) is 0 Å². The number of hydrogen-bond acceptors (Lipinski definition) is 2. The lowest BCUT2D eigenvalue weighted by Gasteiger charge is -2.30. The Morgan fingerprint density at radius 2 is 2.27 bits per heavy atom. The molecule has 1 N–H and O–H groups in total. The number of anilines is 1. The van der Waals surface area contributed by atoms with Crippen LogP contribution < -0.4 is 5.32 Å². The third kappa shape index (κ3) is 3.54. The zero-order chi connectivity index (χ0) is 11.3. The predicted molar refractivity (Wildman–Crippen MR) is 66.9 cm³/mol. The van der Waals surface area contributed by atoms with Gasteiger partial charge in [-0.2, -0.15) is 0 Å². The molecule has 0 amide bonds. The fourth-order valence-electron chi connectivity index (χ4n) is 1.34. The normalized spacial score (nSPS) is 14.7. The number of nitrogens with one attached hydrogen (secondary N) is 1. The van der Waals surface area contributed by atoms with Gasteiger partial charge in [0.25, 0.3) is 0 Å². The Balaban J connectivity index is 2.79. The predicted octanol–water partition coefficient (Wildman–Crippen LogP) is 3.94. The van der Waals surface area contributed by atoms with Crippen molar-refractivity contribution < 1.29 is 0 Å². The van der Waals surface area contributed by atoms with E-state index in [9.17, 15) is 0 Å². The van der Waals surface area contributed by atoms with Crippen LogP contribution in [-0.4, -0.2) is 16.4 Å². The van der Waals surface area contributed by atoms with E-state index >= 15 is 0 Å². The Kier molecular flexibility index (Phi) is 4.68. The first-order valence-electron chi connectivity index (χ1n) is 5.05. The van der Waals surface area contributed by atoms with Gasteiger partial charge in [0.15, 0.2) is 0 Å². The molecule has 1 aromatic heterocycles. The fourth-order valence-corrected chi connectivity index (χ4v) is 1.92. The molecule has 0 saturated heterocycles. The van der Waals surface area contributed by atoms with Gasteiger partial charge in [0.2, 0.25) is 0 Å². The van der Waals surface area contributed by atoms with E-state index in [-0.39, 0.29) is 5.54 Å². The molecule has 0 fully saturated rings. The summed E-state index contributed by atoms with van der Waals surface area (Å²) in [5.74, 6) is 0.639. The SMILES string of the molecule is CCC(C)(CCCl)Nc1ccncc1Cl. The van der Waals surface area contributed by atoms with Crippen molar-refractivity contribution in [3.63, 3.8) is 0 Å². The van der Waals surface area contributed by atoms with Crippen LogP contribution in [0.5, 0.6) is 0 Å². The van der Waals surface area contributed by atoms with Gasteiger partial charge in [-0.05, 0) is 25.8 Å². The summed E-state index contributed by atoms with van der Waals surface area (Å²) in [4.78, 5) is 3.95. The summed E-state index contributed by atoms with van der Waals surface area (Å²) in [6.07, 6.45) is 5.27. The van der Waals surface area contributed by atoms with Crippen LogP contribution in [0.1, 0.15) is 26.7 Å². The molecule has 4 heteroatoms. The van der Waals surface area contributed by atoms with Gasteiger partial charge < -0.3 is 5.32 Å². The zero-order valence-corrected chi connectivity index (χ0v) is 10.6. The first-order valence-corrected chi connectivity index (χ1v) is 5.96. The highest BCUT2D eigenvalue weighted by Crippen LogP contribution is 2.27. The van der Waals surface area contributed by atoms with E-state index in [1.807, 2.05) is 6.07 Å². The van der Waals surface area contributed by atoms with Gasteiger partial charge in [-0.3, -0.25) is 4.98 Å². The summed E-state index contributed by atoms with van der Waals surface area (Å²) < 4.78 is 0. The second kappa shape index (κ2) is 5.57. The Morgan fingerprint density at radius 3 is 2.80 bits per heavy atom. The minimum atomic E-state index is -0.00720. The van der Waals surface area contributed by atoms with Crippen LogP contribution in [0, 0.1) is 0 Å². The summed E-state index contributed by atoms with van der Waals surface area (Å²) in [5.41, 5.74) is 0.911. The Labute approximate surface area is 101 Å². The van der Waals surface area contributed by atoms with Crippen molar-refractivity contribution in [1.82, 2.24) is 4.98 Å². The van der Waals surface area contributed by atoms with E-state index in [2.05, 4.69) is 24.1 Å².